The minimum absolute atomic E-state index is 0.593. The first-order valence-electron chi connectivity index (χ1n) is 6.88. The molecule has 1 aromatic rings. The van der Waals surface area contributed by atoms with Crippen LogP contribution in [0.3, 0.4) is 0 Å². The van der Waals surface area contributed by atoms with Crippen molar-refractivity contribution < 1.29 is 0 Å². The lowest BCUT2D eigenvalue weighted by Gasteiger charge is -2.24. The van der Waals surface area contributed by atoms with Crippen molar-refractivity contribution in [2.75, 3.05) is 13.6 Å². The summed E-state index contributed by atoms with van der Waals surface area (Å²) < 4.78 is 2.40. The largest absolute Gasteiger partial charge is 0.312 e. The van der Waals surface area contributed by atoms with Crippen LogP contribution in [0.5, 0.6) is 0 Å². The van der Waals surface area contributed by atoms with Crippen LogP contribution in [0, 0.1) is 0 Å². The molecule has 94 valence electrons. The lowest BCUT2D eigenvalue weighted by Crippen LogP contribution is -2.29. The Morgan fingerprint density at radius 2 is 2.12 bits per heavy atom. The van der Waals surface area contributed by atoms with Gasteiger partial charge < -0.3 is 9.47 Å². The fourth-order valence-corrected chi connectivity index (χ4v) is 3.31. The molecule has 2 unspecified atom stereocenters. The van der Waals surface area contributed by atoms with Crippen molar-refractivity contribution in [3.8, 4) is 0 Å². The van der Waals surface area contributed by atoms with Crippen LogP contribution >= 0.6 is 0 Å². The second-order valence-corrected chi connectivity index (χ2v) is 5.62. The molecule has 0 N–H and O–H groups in total. The van der Waals surface area contributed by atoms with Gasteiger partial charge in [0.1, 0.15) is 11.6 Å². The SMILES string of the molecule is CC1CCCc2nnc(CC3CCCN3C)n21. The Labute approximate surface area is 103 Å². The average molecular weight is 234 g/mol. The highest BCUT2D eigenvalue weighted by Gasteiger charge is 2.26. The number of likely N-dealkylation sites (tertiary alicyclic amines) is 1. The van der Waals surface area contributed by atoms with Crippen molar-refractivity contribution in [1.82, 2.24) is 19.7 Å². The molecule has 0 spiro atoms. The monoisotopic (exact) mass is 234 g/mol. The number of rotatable bonds is 2. The summed E-state index contributed by atoms with van der Waals surface area (Å²) in [6.07, 6.45) is 7.37. The summed E-state index contributed by atoms with van der Waals surface area (Å²) in [5.74, 6) is 2.42. The van der Waals surface area contributed by atoms with E-state index in [0.29, 0.717) is 12.1 Å². The Kier molecular flexibility index (Phi) is 2.90. The highest BCUT2D eigenvalue weighted by Crippen LogP contribution is 2.26. The molecule has 2 aliphatic heterocycles. The van der Waals surface area contributed by atoms with E-state index in [4.69, 9.17) is 0 Å². The topological polar surface area (TPSA) is 34.0 Å². The number of nitrogens with zero attached hydrogens (tertiary/aromatic N) is 4. The van der Waals surface area contributed by atoms with Crippen molar-refractivity contribution in [1.29, 1.82) is 0 Å². The molecule has 0 radical (unpaired) electrons. The van der Waals surface area contributed by atoms with Gasteiger partial charge in [-0.15, -0.1) is 10.2 Å². The maximum absolute atomic E-state index is 4.43. The highest BCUT2D eigenvalue weighted by atomic mass is 15.3. The molecule has 4 heteroatoms. The Hall–Kier alpha value is -0.900. The molecule has 1 aromatic heterocycles. The summed E-state index contributed by atoms with van der Waals surface area (Å²) >= 11 is 0. The predicted molar refractivity (Wildman–Crippen MR) is 67.0 cm³/mol. The van der Waals surface area contributed by atoms with Gasteiger partial charge in [-0.1, -0.05) is 0 Å². The lowest BCUT2D eigenvalue weighted by molar-refractivity contribution is 0.298. The lowest BCUT2D eigenvalue weighted by atomic mass is 10.0. The zero-order valence-corrected chi connectivity index (χ0v) is 10.9. The van der Waals surface area contributed by atoms with Crippen LogP contribution in [0.15, 0.2) is 0 Å². The Morgan fingerprint density at radius 1 is 1.24 bits per heavy atom. The molecular weight excluding hydrogens is 212 g/mol. The molecule has 0 saturated carbocycles. The summed E-state index contributed by atoms with van der Waals surface area (Å²) in [5.41, 5.74) is 0. The van der Waals surface area contributed by atoms with E-state index in [1.807, 2.05) is 0 Å². The molecule has 1 fully saturated rings. The molecule has 0 aliphatic carbocycles. The first-order valence-corrected chi connectivity index (χ1v) is 6.88. The molecule has 3 heterocycles. The quantitative estimate of drug-likeness (QED) is 0.782. The molecule has 0 aromatic carbocycles. The van der Waals surface area contributed by atoms with Crippen molar-refractivity contribution in [2.45, 2.75) is 57.5 Å². The van der Waals surface area contributed by atoms with E-state index in [2.05, 4.69) is 33.6 Å². The van der Waals surface area contributed by atoms with Crippen LogP contribution in [0.1, 0.15) is 50.3 Å². The molecule has 0 amide bonds. The molecule has 2 aliphatic rings. The third kappa shape index (κ3) is 1.99. The van der Waals surface area contributed by atoms with Crippen molar-refractivity contribution in [2.24, 2.45) is 0 Å². The zero-order valence-electron chi connectivity index (χ0n) is 10.9. The van der Waals surface area contributed by atoms with E-state index in [1.165, 1.54) is 43.9 Å². The van der Waals surface area contributed by atoms with Gasteiger partial charge in [0.05, 0.1) is 0 Å². The first kappa shape index (κ1) is 11.2. The minimum atomic E-state index is 0.593. The standard InChI is InChI=1S/C13H22N4/c1-10-5-3-7-12-14-15-13(17(10)12)9-11-6-4-8-16(11)2/h10-11H,3-9H2,1-2H3. The molecule has 1 saturated heterocycles. The normalized spacial score (nSPS) is 29.5. The first-order chi connectivity index (χ1) is 8.25. The summed E-state index contributed by atoms with van der Waals surface area (Å²) in [7, 11) is 2.23. The number of hydrogen-bond acceptors (Lipinski definition) is 3. The molecular formula is C13H22N4. The number of likely N-dealkylation sites (N-methyl/N-ethyl adjacent to an activating group) is 1. The number of aromatic nitrogens is 3. The highest BCUT2D eigenvalue weighted by molar-refractivity contribution is 5.04. The van der Waals surface area contributed by atoms with Crippen LogP contribution < -0.4 is 0 Å². The Balaban J connectivity index is 1.81. The van der Waals surface area contributed by atoms with Crippen molar-refractivity contribution >= 4 is 0 Å². The summed E-state index contributed by atoms with van der Waals surface area (Å²) in [6, 6.07) is 1.27. The van der Waals surface area contributed by atoms with Gasteiger partial charge in [0.15, 0.2) is 0 Å². The van der Waals surface area contributed by atoms with Gasteiger partial charge in [0, 0.05) is 24.9 Å². The number of fused-ring (bicyclic) bond motifs is 1. The Morgan fingerprint density at radius 3 is 2.88 bits per heavy atom. The molecule has 2 atom stereocenters. The van der Waals surface area contributed by atoms with Gasteiger partial charge >= 0.3 is 0 Å². The molecule has 4 nitrogen and oxygen atoms in total. The average Bonchev–Trinajstić information content (AvgIpc) is 2.89. The minimum Gasteiger partial charge on any atom is -0.312 e. The maximum Gasteiger partial charge on any atom is 0.134 e. The Bertz CT molecular complexity index is 398. The van der Waals surface area contributed by atoms with Crippen LogP contribution in [0.25, 0.3) is 0 Å². The van der Waals surface area contributed by atoms with Crippen LogP contribution in [0.2, 0.25) is 0 Å². The predicted octanol–water partition coefficient (Wildman–Crippen LogP) is 1.81. The van der Waals surface area contributed by atoms with Crippen molar-refractivity contribution in [3.05, 3.63) is 11.6 Å². The van der Waals surface area contributed by atoms with Gasteiger partial charge in [0.25, 0.3) is 0 Å². The molecule has 0 bridgehead atoms. The van der Waals surface area contributed by atoms with E-state index in [-0.39, 0.29) is 0 Å². The van der Waals surface area contributed by atoms with E-state index in [9.17, 15) is 0 Å². The van der Waals surface area contributed by atoms with Gasteiger partial charge in [-0.2, -0.15) is 0 Å². The maximum atomic E-state index is 4.43. The smallest absolute Gasteiger partial charge is 0.134 e. The number of hydrogen-bond donors (Lipinski definition) is 0. The van der Waals surface area contributed by atoms with Crippen molar-refractivity contribution in [3.63, 3.8) is 0 Å². The van der Waals surface area contributed by atoms with Gasteiger partial charge in [0.2, 0.25) is 0 Å². The van der Waals surface area contributed by atoms with E-state index in [0.717, 1.165) is 12.8 Å². The third-order valence-corrected chi connectivity index (χ3v) is 4.39. The second kappa shape index (κ2) is 4.41. The zero-order chi connectivity index (χ0) is 11.8. The summed E-state index contributed by atoms with van der Waals surface area (Å²) in [6.45, 7) is 3.54. The van der Waals surface area contributed by atoms with Gasteiger partial charge in [-0.3, -0.25) is 0 Å². The van der Waals surface area contributed by atoms with Crippen LogP contribution in [-0.4, -0.2) is 39.3 Å². The van der Waals surface area contributed by atoms with Gasteiger partial charge in [-0.25, -0.2) is 0 Å². The fraction of sp³-hybridized carbons (Fsp3) is 0.846. The second-order valence-electron chi connectivity index (χ2n) is 5.62. The fourth-order valence-electron chi connectivity index (χ4n) is 3.31. The summed E-state index contributed by atoms with van der Waals surface area (Å²) in [5, 5.41) is 8.80. The summed E-state index contributed by atoms with van der Waals surface area (Å²) in [4.78, 5) is 2.47. The van der Waals surface area contributed by atoms with E-state index < -0.39 is 0 Å². The van der Waals surface area contributed by atoms with Crippen LogP contribution in [-0.2, 0) is 12.8 Å². The number of aryl methyl sites for hydroxylation is 1. The molecule has 17 heavy (non-hydrogen) atoms. The van der Waals surface area contributed by atoms with E-state index in [1.54, 1.807) is 0 Å². The van der Waals surface area contributed by atoms with E-state index >= 15 is 0 Å². The third-order valence-electron chi connectivity index (χ3n) is 4.39. The molecule has 3 rings (SSSR count). The van der Waals surface area contributed by atoms with Crippen LogP contribution in [0.4, 0.5) is 0 Å². The van der Waals surface area contributed by atoms with Gasteiger partial charge in [-0.05, 0) is 46.2 Å².